The van der Waals surface area contributed by atoms with Crippen molar-refractivity contribution < 1.29 is 18.8 Å². The van der Waals surface area contributed by atoms with Gasteiger partial charge in [0.15, 0.2) is 0 Å². The van der Waals surface area contributed by atoms with Crippen LogP contribution in [0.2, 0.25) is 0 Å². The lowest BCUT2D eigenvalue weighted by molar-refractivity contribution is -0.124. The maximum Gasteiger partial charge on any atom is 0.256 e. The number of fused-ring (bicyclic) bond motifs is 1. The number of amides is 3. The molecule has 0 radical (unpaired) electrons. The summed E-state index contributed by atoms with van der Waals surface area (Å²) in [4.78, 5) is 39.8. The van der Waals surface area contributed by atoms with Crippen LogP contribution in [0.3, 0.4) is 0 Å². The molecular formula is C22H22FN3O3S. The van der Waals surface area contributed by atoms with Gasteiger partial charge in [-0.15, -0.1) is 11.8 Å². The lowest BCUT2D eigenvalue weighted by Gasteiger charge is -2.33. The van der Waals surface area contributed by atoms with E-state index in [0.29, 0.717) is 25.9 Å². The van der Waals surface area contributed by atoms with Crippen molar-refractivity contribution in [3.05, 3.63) is 59.9 Å². The molecule has 30 heavy (non-hydrogen) atoms. The van der Waals surface area contributed by atoms with Crippen LogP contribution >= 0.6 is 11.8 Å². The van der Waals surface area contributed by atoms with Crippen molar-refractivity contribution >= 4 is 35.2 Å². The van der Waals surface area contributed by atoms with Crippen LogP contribution in [0.1, 0.15) is 29.6 Å². The summed E-state index contributed by atoms with van der Waals surface area (Å²) in [7, 11) is 0. The van der Waals surface area contributed by atoms with Crippen molar-refractivity contribution in [2.24, 2.45) is 0 Å². The lowest BCUT2D eigenvalue weighted by atomic mass is 10.0. The number of nitrogens with zero attached hydrogens (tertiary/aromatic N) is 1. The van der Waals surface area contributed by atoms with Crippen LogP contribution in [-0.4, -0.2) is 47.0 Å². The van der Waals surface area contributed by atoms with Crippen molar-refractivity contribution in [2.45, 2.75) is 35.4 Å². The first-order valence-electron chi connectivity index (χ1n) is 9.91. The van der Waals surface area contributed by atoms with Crippen LogP contribution in [0.15, 0.2) is 53.4 Å². The zero-order valence-electron chi connectivity index (χ0n) is 16.3. The number of carbonyl (C=O) groups excluding carboxylic acids is 3. The average Bonchev–Trinajstić information content (AvgIpc) is 2.74. The summed E-state index contributed by atoms with van der Waals surface area (Å²) < 4.78 is 13.9. The van der Waals surface area contributed by atoms with Gasteiger partial charge in [-0.3, -0.25) is 14.4 Å². The molecule has 0 saturated carbocycles. The molecule has 0 aliphatic carbocycles. The maximum absolute atomic E-state index is 13.9. The molecule has 156 valence electrons. The van der Waals surface area contributed by atoms with Gasteiger partial charge in [0.1, 0.15) is 5.82 Å². The summed E-state index contributed by atoms with van der Waals surface area (Å²) in [5.74, 6) is -1.20. The number of benzene rings is 2. The third-order valence-electron chi connectivity index (χ3n) is 5.33. The Bertz CT molecular complexity index is 976. The molecule has 2 aliphatic heterocycles. The number of carbonyl (C=O) groups is 3. The van der Waals surface area contributed by atoms with Crippen molar-refractivity contribution in [3.63, 3.8) is 0 Å². The molecule has 0 spiro atoms. The van der Waals surface area contributed by atoms with Gasteiger partial charge in [0, 0.05) is 30.4 Å². The standard InChI is InChI=1S/C22H22FN3O3S/c23-16-6-2-1-5-15(16)22(29)26-11-9-14(10-12-26)24-20(27)13-19-21(28)25-17-7-3-4-8-18(17)30-19/h1-8,14,19H,9-13H2,(H,24,27)(H,25,28). The first-order chi connectivity index (χ1) is 14.5. The molecule has 6 nitrogen and oxygen atoms in total. The van der Waals surface area contributed by atoms with E-state index in [2.05, 4.69) is 10.6 Å². The molecular weight excluding hydrogens is 405 g/mol. The number of halogens is 1. The van der Waals surface area contributed by atoms with Gasteiger partial charge in [0.05, 0.1) is 16.5 Å². The monoisotopic (exact) mass is 427 g/mol. The van der Waals surface area contributed by atoms with Crippen LogP contribution in [0.5, 0.6) is 0 Å². The first kappa shape index (κ1) is 20.4. The molecule has 4 rings (SSSR count). The molecule has 2 aromatic rings. The Labute approximate surface area is 178 Å². The summed E-state index contributed by atoms with van der Waals surface area (Å²) in [5.41, 5.74) is 0.844. The number of anilines is 1. The van der Waals surface area contributed by atoms with Crippen LogP contribution in [0.25, 0.3) is 0 Å². The van der Waals surface area contributed by atoms with Crippen molar-refractivity contribution in [2.75, 3.05) is 18.4 Å². The van der Waals surface area contributed by atoms with Gasteiger partial charge in [-0.2, -0.15) is 0 Å². The van der Waals surface area contributed by atoms with Crippen molar-refractivity contribution in [1.82, 2.24) is 10.2 Å². The highest BCUT2D eigenvalue weighted by molar-refractivity contribution is 8.01. The predicted octanol–water partition coefficient (Wildman–Crippen LogP) is 3.05. The quantitative estimate of drug-likeness (QED) is 0.786. The van der Waals surface area contributed by atoms with Gasteiger partial charge in [0.2, 0.25) is 11.8 Å². The number of thioether (sulfide) groups is 1. The van der Waals surface area contributed by atoms with E-state index in [-0.39, 0.29) is 35.7 Å². The van der Waals surface area contributed by atoms with E-state index in [1.165, 1.54) is 23.9 Å². The predicted molar refractivity (Wildman–Crippen MR) is 113 cm³/mol. The Balaban J connectivity index is 1.27. The van der Waals surface area contributed by atoms with Gasteiger partial charge < -0.3 is 15.5 Å². The van der Waals surface area contributed by atoms with E-state index < -0.39 is 11.1 Å². The normalized spacial score (nSPS) is 19.0. The van der Waals surface area contributed by atoms with E-state index in [4.69, 9.17) is 0 Å². The number of hydrogen-bond donors (Lipinski definition) is 2. The molecule has 1 atom stereocenters. The zero-order valence-corrected chi connectivity index (χ0v) is 17.1. The molecule has 2 aliphatic rings. The summed E-state index contributed by atoms with van der Waals surface area (Å²) in [5, 5.41) is 5.35. The molecule has 0 bridgehead atoms. The maximum atomic E-state index is 13.9. The largest absolute Gasteiger partial charge is 0.353 e. The minimum atomic E-state index is -0.525. The smallest absolute Gasteiger partial charge is 0.256 e. The van der Waals surface area contributed by atoms with E-state index in [1.807, 2.05) is 24.3 Å². The number of para-hydroxylation sites is 1. The van der Waals surface area contributed by atoms with Gasteiger partial charge in [-0.25, -0.2) is 4.39 Å². The van der Waals surface area contributed by atoms with Crippen molar-refractivity contribution in [3.8, 4) is 0 Å². The summed E-state index contributed by atoms with van der Waals surface area (Å²) in [6.07, 6.45) is 1.29. The average molecular weight is 428 g/mol. The number of likely N-dealkylation sites (tertiary alicyclic amines) is 1. The van der Waals surface area contributed by atoms with E-state index in [1.54, 1.807) is 17.0 Å². The van der Waals surface area contributed by atoms with Crippen molar-refractivity contribution in [1.29, 1.82) is 0 Å². The number of rotatable bonds is 4. The fraction of sp³-hybridized carbons (Fsp3) is 0.318. The van der Waals surface area contributed by atoms with E-state index >= 15 is 0 Å². The van der Waals surface area contributed by atoms with E-state index in [0.717, 1.165) is 10.6 Å². The molecule has 1 fully saturated rings. The first-order valence-corrected chi connectivity index (χ1v) is 10.8. The third kappa shape index (κ3) is 4.48. The second-order valence-corrected chi connectivity index (χ2v) is 8.65. The minimum absolute atomic E-state index is 0.0638. The lowest BCUT2D eigenvalue weighted by Crippen LogP contribution is -2.47. The number of hydrogen-bond acceptors (Lipinski definition) is 4. The van der Waals surface area contributed by atoms with Crippen LogP contribution < -0.4 is 10.6 Å². The summed E-state index contributed by atoms with van der Waals surface area (Å²) >= 11 is 1.40. The highest BCUT2D eigenvalue weighted by Crippen LogP contribution is 2.36. The van der Waals surface area contributed by atoms with Gasteiger partial charge in [0.25, 0.3) is 5.91 Å². The molecule has 0 aromatic heterocycles. The van der Waals surface area contributed by atoms with Crippen LogP contribution in [-0.2, 0) is 9.59 Å². The van der Waals surface area contributed by atoms with Gasteiger partial charge in [-0.1, -0.05) is 24.3 Å². The SMILES string of the molecule is O=C(CC1Sc2ccccc2NC1=O)NC1CCN(C(=O)c2ccccc2F)CC1. The second-order valence-electron chi connectivity index (χ2n) is 7.41. The highest BCUT2D eigenvalue weighted by atomic mass is 32.2. The fourth-order valence-corrected chi connectivity index (χ4v) is 4.82. The van der Waals surface area contributed by atoms with Crippen LogP contribution in [0, 0.1) is 5.82 Å². The third-order valence-corrected chi connectivity index (χ3v) is 6.60. The fourth-order valence-electron chi connectivity index (χ4n) is 3.71. The Morgan fingerprint density at radius 1 is 1.10 bits per heavy atom. The Morgan fingerprint density at radius 3 is 2.57 bits per heavy atom. The number of piperidine rings is 1. The topological polar surface area (TPSA) is 78.5 Å². The highest BCUT2D eigenvalue weighted by Gasteiger charge is 2.30. The molecule has 2 aromatic carbocycles. The van der Waals surface area contributed by atoms with Crippen LogP contribution in [0.4, 0.5) is 10.1 Å². The Kier molecular flexibility index (Phi) is 6.03. The molecule has 1 unspecified atom stereocenters. The van der Waals surface area contributed by atoms with E-state index in [9.17, 15) is 18.8 Å². The molecule has 3 amide bonds. The Morgan fingerprint density at radius 2 is 1.80 bits per heavy atom. The zero-order chi connectivity index (χ0) is 21.1. The molecule has 8 heteroatoms. The number of nitrogens with one attached hydrogen (secondary N) is 2. The summed E-state index contributed by atoms with van der Waals surface area (Å²) in [6.45, 7) is 0.897. The summed E-state index contributed by atoms with van der Waals surface area (Å²) in [6, 6.07) is 13.4. The van der Waals surface area contributed by atoms with Gasteiger partial charge >= 0.3 is 0 Å². The second kappa shape index (κ2) is 8.87. The molecule has 2 heterocycles. The Hall–Kier alpha value is -2.87. The minimum Gasteiger partial charge on any atom is -0.353 e. The molecule has 2 N–H and O–H groups in total. The van der Waals surface area contributed by atoms with Gasteiger partial charge in [-0.05, 0) is 37.1 Å². The molecule has 1 saturated heterocycles.